The second kappa shape index (κ2) is 18.3. The molecule has 3 fully saturated rings. The maximum absolute atomic E-state index is 14.1. The summed E-state index contributed by atoms with van der Waals surface area (Å²) in [7, 11) is 1.77. The third-order valence-electron chi connectivity index (χ3n) is 10.7. The van der Waals surface area contributed by atoms with E-state index in [1.54, 1.807) is 54.7 Å². The van der Waals surface area contributed by atoms with Crippen LogP contribution in [0.25, 0.3) is 11.1 Å². The largest absolute Gasteiger partial charge is 0.460 e. The van der Waals surface area contributed by atoms with Crippen molar-refractivity contribution < 1.29 is 23.9 Å². The number of benzene rings is 3. The van der Waals surface area contributed by atoms with E-state index in [2.05, 4.69) is 30.4 Å². The van der Waals surface area contributed by atoms with E-state index in [-0.39, 0.29) is 17.9 Å². The quantitative estimate of drug-likeness (QED) is 0.162. The highest BCUT2D eigenvalue weighted by Crippen LogP contribution is 2.29. The molecular weight excluding hydrogens is 695 g/mol. The smallest absolute Gasteiger partial charge is 0.316 e. The first-order valence-electron chi connectivity index (χ1n) is 19.7. The molecule has 55 heavy (non-hydrogen) atoms. The molecule has 2 aliphatic heterocycles. The Labute approximate surface area is 323 Å². The van der Waals surface area contributed by atoms with Crippen LogP contribution in [0.1, 0.15) is 82.4 Å². The Morgan fingerprint density at radius 1 is 0.782 bits per heavy atom. The van der Waals surface area contributed by atoms with E-state index in [0.29, 0.717) is 53.8 Å². The van der Waals surface area contributed by atoms with Gasteiger partial charge in [0.1, 0.15) is 6.10 Å². The number of piperidine rings is 1. The predicted molar refractivity (Wildman–Crippen MR) is 214 cm³/mol. The van der Waals surface area contributed by atoms with Crippen LogP contribution in [0.3, 0.4) is 0 Å². The van der Waals surface area contributed by atoms with Gasteiger partial charge in [-0.3, -0.25) is 19.3 Å². The zero-order valence-electron chi connectivity index (χ0n) is 31.7. The SMILES string of the molecule is CN(CCN1CCOCC1)C(=O)c1cccc(C(=O)Nc2ccc(N3CCCCC3)cc2C(=O)Nc2cccc(-c3cnc(OC4CCCCC4)nc3)c2)c1. The fourth-order valence-corrected chi connectivity index (χ4v) is 7.44. The fourth-order valence-electron chi connectivity index (χ4n) is 7.44. The average molecular weight is 746 g/mol. The number of nitrogens with zero attached hydrogens (tertiary/aromatic N) is 5. The number of amides is 3. The minimum absolute atomic E-state index is 0.161. The van der Waals surface area contributed by atoms with Crippen molar-refractivity contribution in [3.63, 3.8) is 0 Å². The first-order chi connectivity index (χ1) is 26.9. The Bertz CT molecular complexity index is 1940. The van der Waals surface area contributed by atoms with E-state index in [9.17, 15) is 14.4 Å². The molecule has 2 saturated heterocycles. The van der Waals surface area contributed by atoms with Gasteiger partial charge in [-0.25, -0.2) is 9.97 Å². The van der Waals surface area contributed by atoms with E-state index in [4.69, 9.17) is 9.47 Å². The molecule has 1 saturated carbocycles. The van der Waals surface area contributed by atoms with E-state index in [0.717, 1.165) is 75.2 Å². The average Bonchev–Trinajstić information content (AvgIpc) is 3.24. The van der Waals surface area contributed by atoms with Gasteiger partial charge in [0.25, 0.3) is 17.7 Å². The Kier molecular flexibility index (Phi) is 12.7. The zero-order valence-corrected chi connectivity index (χ0v) is 31.7. The summed E-state index contributed by atoms with van der Waals surface area (Å²) in [6, 6.07) is 20.2. The minimum atomic E-state index is -0.414. The van der Waals surface area contributed by atoms with Gasteiger partial charge in [0.15, 0.2) is 0 Å². The lowest BCUT2D eigenvalue weighted by molar-refractivity contribution is 0.0338. The summed E-state index contributed by atoms with van der Waals surface area (Å²) in [5.41, 5.74) is 4.63. The van der Waals surface area contributed by atoms with Gasteiger partial charge in [0.05, 0.1) is 24.5 Å². The molecule has 0 radical (unpaired) electrons. The molecule has 3 aromatic carbocycles. The first-order valence-corrected chi connectivity index (χ1v) is 19.7. The Morgan fingerprint density at radius 3 is 2.29 bits per heavy atom. The van der Waals surface area contributed by atoms with Crippen molar-refractivity contribution in [2.24, 2.45) is 0 Å². The van der Waals surface area contributed by atoms with Gasteiger partial charge in [-0.2, -0.15) is 0 Å². The summed E-state index contributed by atoms with van der Waals surface area (Å²) in [6.45, 7) is 6.24. The predicted octanol–water partition coefficient (Wildman–Crippen LogP) is 6.75. The monoisotopic (exact) mass is 745 g/mol. The van der Waals surface area contributed by atoms with Gasteiger partial charge < -0.3 is 29.9 Å². The van der Waals surface area contributed by atoms with Gasteiger partial charge in [-0.15, -0.1) is 0 Å². The lowest BCUT2D eigenvalue weighted by Crippen LogP contribution is -2.41. The number of hydrogen-bond acceptors (Lipinski definition) is 9. The highest BCUT2D eigenvalue weighted by molar-refractivity contribution is 6.13. The molecule has 0 bridgehead atoms. The number of hydrogen-bond donors (Lipinski definition) is 2. The van der Waals surface area contributed by atoms with Crippen LogP contribution < -0.4 is 20.3 Å². The molecule has 2 N–H and O–H groups in total. The number of ether oxygens (including phenoxy) is 2. The number of carbonyl (C=O) groups is 3. The number of rotatable bonds is 12. The van der Waals surface area contributed by atoms with Crippen molar-refractivity contribution in [3.8, 4) is 17.1 Å². The number of morpholine rings is 1. The minimum Gasteiger partial charge on any atom is -0.460 e. The second-order valence-electron chi connectivity index (χ2n) is 14.7. The molecule has 0 spiro atoms. The van der Waals surface area contributed by atoms with Crippen LogP contribution in [0.5, 0.6) is 6.01 Å². The van der Waals surface area contributed by atoms with Crippen molar-refractivity contribution in [2.45, 2.75) is 57.5 Å². The molecule has 3 heterocycles. The highest BCUT2D eigenvalue weighted by Gasteiger charge is 2.21. The molecule has 1 aliphatic carbocycles. The van der Waals surface area contributed by atoms with E-state index in [1.165, 1.54) is 25.7 Å². The van der Waals surface area contributed by atoms with Gasteiger partial charge in [0, 0.05) is 86.8 Å². The molecule has 0 atom stereocenters. The summed E-state index contributed by atoms with van der Waals surface area (Å²) >= 11 is 0. The van der Waals surface area contributed by atoms with Crippen LogP contribution in [0.4, 0.5) is 17.1 Å². The van der Waals surface area contributed by atoms with Crippen molar-refractivity contribution in [1.29, 1.82) is 0 Å². The van der Waals surface area contributed by atoms with Crippen LogP contribution in [-0.4, -0.2) is 103 Å². The lowest BCUT2D eigenvalue weighted by atomic mass is 9.98. The maximum Gasteiger partial charge on any atom is 0.316 e. The number of nitrogens with one attached hydrogen (secondary N) is 2. The number of aromatic nitrogens is 2. The summed E-state index contributed by atoms with van der Waals surface area (Å²) < 4.78 is 11.4. The molecule has 3 aliphatic rings. The molecule has 12 heteroatoms. The number of likely N-dealkylation sites (N-methyl/N-ethyl adjacent to an activating group) is 1. The third-order valence-corrected chi connectivity index (χ3v) is 10.7. The molecule has 4 aromatic rings. The van der Waals surface area contributed by atoms with Crippen LogP contribution in [-0.2, 0) is 4.74 Å². The number of carbonyl (C=O) groups excluding carboxylic acids is 3. The second-order valence-corrected chi connectivity index (χ2v) is 14.7. The Morgan fingerprint density at radius 2 is 1.51 bits per heavy atom. The molecule has 7 rings (SSSR count). The van der Waals surface area contributed by atoms with E-state index in [1.807, 2.05) is 36.4 Å². The van der Waals surface area contributed by atoms with E-state index < -0.39 is 5.91 Å². The van der Waals surface area contributed by atoms with Crippen molar-refractivity contribution in [3.05, 3.63) is 95.8 Å². The topological polar surface area (TPSA) is 129 Å². The van der Waals surface area contributed by atoms with Crippen molar-refractivity contribution >= 4 is 34.8 Å². The van der Waals surface area contributed by atoms with Gasteiger partial charge in [-0.05, 0) is 99.0 Å². The van der Waals surface area contributed by atoms with E-state index >= 15 is 0 Å². The molecular formula is C43H51N7O5. The third kappa shape index (κ3) is 10.1. The highest BCUT2D eigenvalue weighted by atomic mass is 16.5. The molecule has 1 aromatic heterocycles. The fraction of sp³-hybridized carbons (Fsp3) is 0.419. The standard InChI is InChI=1S/C43H51N7O5/c1-48(20-21-49-22-24-54-25-23-49)42(53)33-12-8-11-32(26-33)40(51)47-39-17-16-36(50-18-6-3-7-19-50)28-38(39)41(52)46-35-13-9-10-31(27-35)34-29-44-43(45-30-34)55-37-14-4-2-5-15-37/h8-13,16-17,26-30,37H,2-7,14-15,18-25H2,1H3,(H,46,52)(H,47,51). The Hall–Kier alpha value is -5.33. The summed E-state index contributed by atoms with van der Waals surface area (Å²) in [4.78, 5) is 56.3. The van der Waals surface area contributed by atoms with Gasteiger partial charge >= 0.3 is 6.01 Å². The Balaban J connectivity index is 1.06. The summed E-state index contributed by atoms with van der Waals surface area (Å²) in [5, 5.41) is 6.02. The molecule has 3 amide bonds. The van der Waals surface area contributed by atoms with Crippen LogP contribution in [0, 0.1) is 0 Å². The van der Waals surface area contributed by atoms with Gasteiger partial charge in [-0.1, -0.05) is 24.6 Å². The molecule has 12 nitrogen and oxygen atoms in total. The van der Waals surface area contributed by atoms with Crippen molar-refractivity contribution in [1.82, 2.24) is 19.8 Å². The molecule has 288 valence electrons. The maximum atomic E-state index is 14.1. The summed E-state index contributed by atoms with van der Waals surface area (Å²) in [5.74, 6) is -0.931. The normalized spacial score (nSPS) is 16.6. The zero-order chi connectivity index (χ0) is 38.0. The van der Waals surface area contributed by atoms with Crippen LogP contribution >= 0.6 is 0 Å². The van der Waals surface area contributed by atoms with Crippen LogP contribution in [0.2, 0.25) is 0 Å². The number of anilines is 3. The first kappa shape index (κ1) is 38.0. The van der Waals surface area contributed by atoms with Crippen LogP contribution in [0.15, 0.2) is 79.1 Å². The summed E-state index contributed by atoms with van der Waals surface area (Å²) in [6.07, 6.45) is 12.7. The lowest BCUT2D eigenvalue weighted by Gasteiger charge is -2.29. The van der Waals surface area contributed by atoms with Crippen molar-refractivity contribution in [2.75, 3.05) is 75.1 Å². The molecule has 0 unspecified atom stereocenters. The van der Waals surface area contributed by atoms with Gasteiger partial charge in [0.2, 0.25) is 0 Å².